The van der Waals surface area contributed by atoms with Crippen LogP contribution < -0.4 is 4.74 Å². The zero-order valence-corrected chi connectivity index (χ0v) is 14.0. The van der Waals surface area contributed by atoms with Crippen molar-refractivity contribution in [3.8, 4) is 5.75 Å². The fraction of sp³-hybridized carbons (Fsp3) is 0.375. The van der Waals surface area contributed by atoms with Crippen LogP contribution in [0, 0.1) is 0 Å². The summed E-state index contributed by atoms with van der Waals surface area (Å²) in [6, 6.07) is 5.48. The molecule has 118 valence electrons. The summed E-state index contributed by atoms with van der Waals surface area (Å²) in [6.45, 7) is 1.29. The molecule has 0 N–H and O–H groups in total. The third kappa shape index (κ3) is 4.59. The first-order valence-corrected chi connectivity index (χ1v) is 7.85. The first-order chi connectivity index (χ1) is 10.6. The molecule has 0 aromatic heterocycles. The standard InChI is InChI=1S/C16H18BrNO4/c1-21-14-6-5-13(17)10-12(14)4-7-16(20)22-11-15(19)18-8-2-3-9-18/h4-7,10H,2-3,8-9,11H2,1H3/b7-4+. The second kappa shape index (κ2) is 7.98. The molecule has 0 saturated carbocycles. The van der Waals surface area contributed by atoms with Gasteiger partial charge in [0.25, 0.3) is 5.91 Å². The van der Waals surface area contributed by atoms with Gasteiger partial charge in [0.15, 0.2) is 6.61 Å². The molecule has 1 aliphatic rings. The Morgan fingerprint density at radius 1 is 1.32 bits per heavy atom. The van der Waals surface area contributed by atoms with E-state index in [1.165, 1.54) is 6.08 Å². The van der Waals surface area contributed by atoms with Crippen LogP contribution in [-0.2, 0) is 14.3 Å². The Balaban J connectivity index is 1.88. The van der Waals surface area contributed by atoms with Crippen molar-refractivity contribution in [2.45, 2.75) is 12.8 Å². The summed E-state index contributed by atoms with van der Waals surface area (Å²) in [5.41, 5.74) is 0.750. The van der Waals surface area contributed by atoms with E-state index in [0.717, 1.165) is 36.0 Å². The van der Waals surface area contributed by atoms with Crippen LogP contribution in [0.1, 0.15) is 18.4 Å². The summed E-state index contributed by atoms with van der Waals surface area (Å²) >= 11 is 3.36. The Bertz CT molecular complexity index is 580. The van der Waals surface area contributed by atoms with Gasteiger partial charge in [-0.1, -0.05) is 15.9 Å². The summed E-state index contributed by atoms with van der Waals surface area (Å²) in [7, 11) is 1.56. The first kappa shape index (κ1) is 16.5. The highest BCUT2D eigenvalue weighted by atomic mass is 79.9. The van der Waals surface area contributed by atoms with Gasteiger partial charge in [0.2, 0.25) is 0 Å². The predicted molar refractivity (Wildman–Crippen MR) is 86.5 cm³/mol. The third-order valence-corrected chi connectivity index (χ3v) is 3.88. The van der Waals surface area contributed by atoms with E-state index < -0.39 is 5.97 Å². The molecule has 5 nitrogen and oxygen atoms in total. The number of amides is 1. The number of benzene rings is 1. The van der Waals surface area contributed by atoms with Gasteiger partial charge >= 0.3 is 5.97 Å². The molecule has 0 spiro atoms. The Morgan fingerprint density at radius 3 is 2.73 bits per heavy atom. The molecule has 0 bridgehead atoms. The summed E-state index contributed by atoms with van der Waals surface area (Å²) in [6.07, 6.45) is 4.93. The van der Waals surface area contributed by atoms with E-state index in [9.17, 15) is 9.59 Å². The Morgan fingerprint density at radius 2 is 2.05 bits per heavy atom. The molecule has 1 amide bonds. The van der Waals surface area contributed by atoms with E-state index >= 15 is 0 Å². The highest BCUT2D eigenvalue weighted by molar-refractivity contribution is 9.10. The van der Waals surface area contributed by atoms with Gasteiger partial charge < -0.3 is 14.4 Å². The number of nitrogens with zero attached hydrogens (tertiary/aromatic N) is 1. The molecule has 2 rings (SSSR count). The zero-order valence-electron chi connectivity index (χ0n) is 12.4. The van der Waals surface area contributed by atoms with Crippen molar-refractivity contribution in [2.24, 2.45) is 0 Å². The van der Waals surface area contributed by atoms with Crippen LogP contribution >= 0.6 is 15.9 Å². The lowest BCUT2D eigenvalue weighted by atomic mass is 10.2. The van der Waals surface area contributed by atoms with E-state index in [0.29, 0.717) is 5.75 Å². The van der Waals surface area contributed by atoms with Crippen molar-refractivity contribution in [2.75, 3.05) is 26.8 Å². The zero-order chi connectivity index (χ0) is 15.9. The number of esters is 1. The van der Waals surface area contributed by atoms with Crippen molar-refractivity contribution in [3.63, 3.8) is 0 Å². The monoisotopic (exact) mass is 367 g/mol. The van der Waals surface area contributed by atoms with E-state index in [1.807, 2.05) is 12.1 Å². The van der Waals surface area contributed by atoms with Crippen molar-refractivity contribution in [3.05, 3.63) is 34.3 Å². The lowest BCUT2D eigenvalue weighted by Crippen LogP contribution is -2.31. The Hall–Kier alpha value is -1.82. The molecule has 0 radical (unpaired) electrons. The number of hydrogen-bond donors (Lipinski definition) is 0. The maximum atomic E-state index is 11.8. The van der Waals surface area contributed by atoms with Crippen LogP contribution in [0.4, 0.5) is 0 Å². The smallest absolute Gasteiger partial charge is 0.331 e. The highest BCUT2D eigenvalue weighted by Gasteiger charge is 2.18. The van der Waals surface area contributed by atoms with Gasteiger partial charge in [0.05, 0.1) is 7.11 Å². The van der Waals surface area contributed by atoms with Crippen LogP contribution in [0.5, 0.6) is 5.75 Å². The Kier molecular flexibility index (Phi) is 6.00. The molecule has 22 heavy (non-hydrogen) atoms. The molecule has 1 saturated heterocycles. The molecule has 1 heterocycles. The quantitative estimate of drug-likeness (QED) is 0.592. The maximum Gasteiger partial charge on any atom is 0.331 e. The summed E-state index contributed by atoms with van der Waals surface area (Å²) < 4.78 is 11.1. The molecule has 1 aromatic rings. The van der Waals surface area contributed by atoms with Crippen molar-refractivity contribution < 1.29 is 19.1 Å². The number of halogens is 1. The number of ether oxygens (including phenoxy) is 2. The van der Waals surface area contributed by atoms with Crippen LogP contribution in [0.25, 0.3) is 6.08 Å². The number of carbonyl (C=O) groups excluding carboxylic acids is 2. The summed E-state index contributed by atoms with van der Waals surface area (Å²) in [4.78, 5) is 25.2. The number of carbonyl (C=O) groups is 2. The summed E-state index contributed by atoms with van der Waals surface area (Å²) in [5, 5.41) is 0. The topological polar surface area (TPSA) is 55.8 Å². The fourth-order valence-corrected chi connectivity index (χ4v) is 2.61. The lowest BCUT2D eigenvalue weighted by molar-refractivity contribution is -0.147. The molecule has 1 aromatic carbocycles. The van der Waals surface area contributed by atoms with Gasteiger partial charge in [0, 0.05) is 29.2 Å². The number of rotatable bonds is 5. The largest absolute Gasteiger partial charge is 0.496 e. The van der Waals surface area contributed by atoms with Gasteiger partial charge in [-0.2, -0.15) is 0 Å². The molecule has 1 fully saturated rings. The normalized spacial score (nSPS) is 14.4. The first-order valence-electron chi connectivity index (χ1n) is 7.06. The third-order valence-electron chi connectivity index (χ3n) is 3.39. The Labute approximate surface area is 138 Å². The van der Waals surface area contributed by atoms with Gasteiger partial charge in [-0.05, 0) is 37.1 Å². The molecular weight excluding hydrogens is 350 g/mol. The maximum absolute atomic E-state index is 11.8. The van der Waals surface area contributed by atoms with Gasteiger partial charge in [-0.3, -0.25) is 4.79 Å². The minimum absolute atomic E-state index is 0.140. The van der Waals surface area contributed by atoms with Crippen molar-refractivity contribution in [1.29, 1.82) is 0 Å². The average molecular weight is 368 g/mol. The molecule has 1 aliphatic heterocycles. The van der Waals surface area contributed by atoms with Gasteiger partial charge in [-0.25, -0.2) is 4.79 Å². The minimum Gasteiger partial charge on any atom is -0.496 e. The van der Waals surface area contributed by atoms with E-state index in [2.05, 4.69) is 15.9 Å². The van der Waals surface area contributed by atoms with Crippen LogP contribution in [-0.4, -0.2) is 43.6 Å². The number of likely N-dealkylation sites (tertiary alicyclic amines) is 1. The SMILES string of the molecule is COc1ccc(Br)cc1/C=C/C(=O)OCC(=O)N1CCCC1. The van der Waals surface area contributed by atoms with Crippen LogP contribution in [0.3, 0.4) is 0 Å². The van der Waals surface area contributed by atoms with Gasteiger partial charge in [-0.15, -0.1) is 0 Å². The molecule has 6 heteroatoms. The van der Waals surface area contributed by atoms with Crippen LogP contribution in [0.2, 0.25) is 0 Å². The molecular formula is C16H18BrNO4. The minimum atomic E-state index is -0.547. The predicted octanol–water partition coefficient (Wildman–Crippen LogP) is 2.64. The second-order valence-electron chi connectivity index (χ2n) is 4.92. The average Bonchev–Trinajstić information content (AvgIpc) is 3.05. The molecule has 0 unspecified atom stereocenters. The lowest BCUT2D eigenvalue weighted by Gasteiger charge is -2.14. The fourth-order valence-electron chi connectivity index (χ4n) is 2.23. The molecule has 0 atom stereocenters. The molecule has 0 aliphatic carbocycles. The van der Waals surface area contributed by atoms with E-state index in [4.69, 9.17) is 9.47 Å². The van der Waals surface area contributed by atoms with Crippen molar-refractivity contribution in [1.82, 2.24) is 4.90 Å². The van der Waals surface area contributed by atoms with Crippen LogP contribution in [0.15, 0.2) is 28.7 Å². The number of hydrogen-bond acceptors (Lipinski definition) is 4. The number of methoxy groups -OCH3 is 1. The van der Waals surface area contributed by atoms with E-state index in [-0.39, 0.29) is 12.5 Å². The summed E-state index contributed by atoms with van der Waals surface area (Å²) in [5.74, 6) is -0.0331. The highest BCUT2D eigenvalue weighted by Crippen LogP contribution is 2.24. The second-order valence-corrected chi connectivity index (χ2v) is 5.83. The van der Waals surface area contributed by atoms with E-state index in [1.54, 1.807) is 24.2 Å². The van der Waals surface area contributed by atoms with Crippen molar-refractivity contribution >= 4 is 33.9 Å². The van der Waals surface area contributed by atoms with Gasteiger partial charge in [0.1, 0.15) is 5.75 Å².